The topological polar surface area (TPSA) is 69.6 Å². The van der Waals surface area contributed by atoms with Gasteiger partial charge >= 0.3 is 0 Å². The lowest BCUT2D eigenvalue weighted by molar-refractivity contribution is -0.146. The molecule has 1 aliphatic carbocycles. The Morgan fingerprint density at radius 1 is 1.24 bits per heavy atom. The highest BCUT2D eigenvalue weighted by Gasteiger charge is 2.53. The molecular weight excluding hydrogens is 268 g/mol. The van der Waals surface area contributed by atoms with Crippen LogP contribution in [0.4, 0.5) is 0 Å². The predicted octanol–water partition coefficient (Wildman–Crippen LogP) is 1.71. The van der Waals surface area contributed by atoms with E-state index in [0.29, 0.717) is 0 Å². The van der Waals surface area contributed by atoms with Crippen LogP contribution in [0.1, 0.15) is 32.3 Å². The number of hydrogen-bond acceptors (Lipinski definition) is 3. The van der Waals surface area contributed by atoms with Gasteiger partial charge in [0.15, 0.2) is 0 Å². The summed E-state index contributed by atoms with van der Waals surface area (Å²) in [5.41, 5.74) is 2.15. The lowest BCUT2D eigenvalue weighted by Crippen LogP contribution is -2.52. The fourth-order valence-electron chi connectivity index (χ4n) is 2.96. The average molecular weight is 290 g/mol. The van der Waals surface area contributed by atoms with E-state index in [1.165, 1.54) is 4.90 Å². The van der Waals surface area contributed by atoms with Crippen LogP contribution in [0.5, 0.6) is 0 Å². The number of nitrogens with zero attached hydrogens (tertiary/aromatic N) is 1. The van der Waals surface area contributed by atoms with Gasteiger partial charge in [0.1, 0.15) is 6.04 Å². The zero-order valence-electron chi connectivity index (χ0n) is 12.7. The van der Waals surface area contributed by atoms with Crippen molar-refractivity contribution in [1.82, 2.24) is 10.4 Å². The number of likely N-dealkylation sites (N-methyl/N-ethyl adjacent to an activating group) is 1. The number of benzene rings is 1. The van der Waals surface area contributed by atoms with Gasteiger partial charge in [0.25, 0.3) is 5.91 Å². The number of hydroxylamine groups is 1. The molecule has 0 spiro atoms. The molecule has 21 heavy (non-hydrogen) atoms. The summed E-state index contributed by atoms with van der Waals surface area (Å²) >= 11 is 0. The highest BCUT2D eigenvalue weighted by molar-refractivity contribution is 5.95. The number of hydrogen-bond donors (Lipinski definition) is 2. The summed E-state index contributed by atoms with van der Waals surface area (Å²) in [4.78, 5) is 26.2. The molecule has 0 unspecified atom stereocenters. The fourth-order valence-corrected chi connectivity index (χ4v) is 2.96. The maximum atomic E-state index is 12.9. The van der Waals surface area contributed by atoms with Gasteiger partial charge < -0.3 is 4.90 Å². The summed E-state index contributed by atoms with van der Waals surface area (Å²) < 4.78 is 0. The molecule has 0 heterocycles. The van der Waals surface area contributed by atoms with Gasteiger partial charge in [-0.15, -0.1) is 0 Å². The second-order valence-corrected chi connectivity index (χ2v) is 6.03. The smallest absolute Gasteiger partial charge is 0.266 e. The van der Waals surface area contributed by atoms with Crippen LogP contribution in [0.3, 0.4) is 0 Å². The number of rotatable bonds is 5. The Kier molecular flexibility index (Phi) is 4.32. The minimum atomic E-state index is -0.677. The second-order valence-electron chi connectivity index (χ2n) is 6.03. The molecule has 5 heteroatoms. The second kappa shape index (κ2) is 5.85. The van der Waals surface area contributed by atoms with Crippen molar-refractivity contribution < 1.29 is 14.8 Å². The molecule has 114 valence electrons. The third kappa shape index (κ3) is 2.78. The number of amides is 2. The Morgan fingerprint density at radius 2 is 1.81 bits per heavy atom. The summed E-state index contributed by atoms with van der Waals surface area (Å²) in [6, 6.07) is 8.99. The largest absolute Gasteiger partial charge is 0.333 e. The van der Waals surface area contributed by atoms with E-state index >= 15 is 0 Å². The summed E-state index contributed by atoms with van der Waals surface area (Å²) in [5.74, 6) is -0.696. The zero-order chi connectivity index (χ0) is 15.6. The van der Waals surface area contributed by atoms with Crippen LogP contribution in [-0.2, 0) is 15.0 Å². The molecule has 0 aliphatic heterocycles. The molecule has 0 aromatic heterocycles. The van der Waals surface area contributed by atoms with Gasteiger partial charge in [-0.3, -0.25) is 14.8 Å². The van der Waals surface area contributed by atoms with Crippen molar-refractivity contribution in [2.75, 3.05) is 7.05 Å². The van der Waals surface area contributed by atoms with Gasteiger partial charge in [0, 0.05) is 7.05 Å². The van der Waals surface area contributed by atoms with Gasteiger partial charge in [-0.25, -0.2) is 5.48 Å². The van der Waals surface area contributed by atoms with E-state index in [1.807, 2.05) is 44.2 Å². The quantitative estimate of drug-likeness (QED) is 0.640. The summed E-state index contributed by atoms with van der Waals surface area (Å²) in [6.07, 6.45) is 1.59. The molecule has 1 aliphatic rings. The van der Waals surface area contributed by atoms with Crippen LogP contribution in [0.2, 0.25) is 0 Å². The summed E-state index contributed by atoms with van der Waals surface area (Å²) in [6.45, 7) is 3.71. The molecule has 0 bridgehead atoms. The third-order valence-corrected chi connectivity index (χ3v) is 4.23. The monoisotopic (exact) mass is 290 g/mol. The Hall–Kier alpha value is -1.88. The molecule has 1 aromatic carbocycles. The third-order valence-electron chi connectivity index (χ3n) is 4.23. The first-order valence-electron chi connectivity index (χ1n) is 7.21. The van der Waals surface area contributed by atoms with Gasteiger partial charge in [-0.05, 0) is 24.3 Å². The Bertz CT molecular complexity index is 524. The first-order valence-corrected chi connectivity index (χ1v) is 7.21. The van der Waals surface area contributed by atoms with Crippen molar-refractivity contribution in [3.8, 4) is 0 Å². The van der Waals surface area contributed by atoms with Crippen molar-refractivity contribution in [3.63, 3.8) is 0 Å². The van der Waals surface area contributed by atoms with E-state index < -0.39 is 17.4 Å². The van der Waals surface area contributed by atoms with Crippen LogP contribution >= 0.6 is 0 Å². The highest BCUT2D eigenvalue weighted by atomic mass is 16.5. The molecule has 2 rings (SSSR count). The molecule has 1 aromatic rings. The SMILES string of the molecule is CC(C)[C@H](C(=O)NO)N(C)C(=O)C1(c2ccccc2)CC1. The lowest BCUT2D eigenvalue weighted by atomic mass is 9.92. The zero-order valence-corrected chi connectivity index (χ0v) is 12.7. The van der Waals surface area contributed by atoms with Gasteiger partial charge in [-0.1, -0.05) is 44.2 Å². The van der Waals surface area contributed by atoms with E-state index in [0.717, 1.165) is 18.4 Å². The van der Waals surface area contributed by atoms with Crippen molar-refractivity contribution in [2.24, 2.45) is 5.92 Å². The fraction of sp³-hybridized carbons (Fsp3) is 0.500. The predicted molar refractivity (Wildman–Crippen MR) is 78.7 cm³/mol. The highest BCUT2D eigenvalue weighted by Crippen LogP contribution is 2.49. The Balaban J connectivity index is 2.25. The van der Waals surface area contributed by atoms with E-state index in [2.05, 4.69) is 0 Å². The first-order chi connectivity index (χ1) is 9.94. The van der Waals surface area contributed by atoms with Crippen molar-refractivity contribution >= 4 is 11.8 Å². The molecule has 1 atom stereocenters. The van der Waals surface area contributed by atoms with Crippen LogP contribution in [-0.4, -0.2) is 35.0 Å². The maximum Gasteiger partial charge on any atom is 0.266 e. The molecule has 1 saturated carbocycles. The Morgan fingerprint density at radius 3 is 2.24 bits per heavy atom. The molecular formula is C16H22N2O3. The van der Waals surface area contributed by atoms with Gasteiger partial charge in [0.2, 0.25) is 5.91 Å². The van der Waals surface area contributed by atoms with Gasteiger partial charge in [-0.2, -0.15) is 0 Å². The number of nitrogens with one attached hydrogen (secondary N) is 1. The minimum absolute atomic E-state index is 0.0593. The molecule has 2 amide bonds. The average Bonchev–Trinajstić information content (AvgIpc) is 3.28. The summed E-state index contributed by atoms with van der Waals surface area (Å²) in [7, 11) is 1.63. The van der Waals surface area contributed by atoms with E-state index in [9.17, 15) is 9.59 Å². The van der Waals surface area contributed by atoms with Crippen molar-refractivity contribution in [1.29, 1.82) is 0 Å². The lowest BCUT2D eigenvalue weighted by Gasteiger charge is -2.32. The van der Waals surface area contributed by atoms with Crippen LogP contribution in [0.15, 0.2) is 30.3 Å². The minimum Gasteiger partial charge on any atom is -0.333 e. The van der Waals surface area contributed by atoms with E-state index in [-0.39, 0.29) is 11.8 Å². The molecule has 0 radical (unpaired) electrons. The normalized spacial score (nSPS) is 17.2. The first kappa shape index (κ1) is 15.5. The van der Waals surface area contributed by atoms with Crippen molar-refractivity contribution in [2.45, 2.75) is 38.1 Å². The molecule has 2 N–H and O–H groups in total. The van der Waals surface area contributed by atoms with E-state index in [1.54, 1.807) is 12.5 Å². The Labute approximate surface area is 124 Å². The van der Waals surface area contributed by atoms with Crippen LogP contribution in [0, 0.1) is 5.92 Å². The maximum absolute atomic E-state index is 12.9. The van der Waals surface area contributed by atoms with Crippen LogP contribution in [0.25, 0.3) is 0 Å². The van der Waals surface area contributed by atoms with Gasteiger partial charge in [0.05, 0.1) is 5.41 Å². The number of carbonyl (C=O) groups excluding carboxylic acids is 2. The molecule has 1 fully saturated rings. The van der Waals surface area contributed by atoms with E-state index in [4.69, 9.17) is 5.21 Å². The van der Waals surface area contributed by atoms with Crippen molar-refractivity contribution in [3.05, 3.63) is 35.9 Å². The molecule has 5 nitrogen and oxygen atoms in total. The summed E-state index contributed by atoms with van der Waals surface area (Å²) in [5, 5.41) is 8.88. The molecule has 0 saturated heterocycles. The van der Waals surface area contributed by atoms with Crippen LogP contribution < -0.4 is 5.48 Å². The number of carbonyl (C=O) groups is 2. The standard InChI is InChI=1S/C16H22N2O3/c1-11(2)13(14(19)17-21)18(3)15(20)16(9-10-16)12-7-5-4-6-8-12/h4-8,11,13,21H,9-10H2,1-3H3,(H,17,19)/t13-/m1/s1.